The lowest BCUT2D eigenvalue weighted by atomic mass is 9.50. The van der Waals surface area contributed by atoms with Crippen molar-refractivity contribution in [1.29, 1.82) is 0 Å². The summed E-state index contributed by atoms with van der Waals surface area (Å²) in [6.45, 7) is 7.53. The van der Waals surface area contributed by atoms with Crippen molar-refractivity contribution in [2.24, 2.45) is 5.92 Å². The summed E-state index contributed by atoms with van der Waals surface area (Å²) in [6, 6.07) is 3.64. The molecule has 27 heavy (non-hydrogen) atoms. The van der Waals surface area contributed by atoms with Crippen LogP contribution in [0, 0.1) is 5.92 Å². The molecule has 0 saturated heterocycles. The van der Waals surface area contributed by atoms with Crippen LogP contribution in [0.25, 0.3) is 0 Å². The molecule has 4 heteroatoms. The average Bonchev–Trinajstić information content (AvgIpc) is 3.38. The maximum Gasteiger partial charge on any atom is 0.132 e. The predicted molar refractivity (Wildman–Crippen MR) is 105 cm³/mol. The third-order valence-corrected chi connectivity index (χ3v) is 7.73. The molecular formula is C23H31NO3. The smallest absolute Gasteiger partial charge is 0.132 e. The van der Waals surface area contributed by atoms with E-state index in [0.29, 0.717) is 12.2 Å². The van der Waals surface area contributed by atoms with Crippen LogP contribution in [0.5, 0.6) is 11.5 Å². The topological polar surface area (TPSA) is 52.9 Å². The van der Waals surface area contributed by atoms with Crippen LogP contribution in [0.3, 0.4) is 0 Å². The van der Waals surface area contributed by atoms with Gasteiger partial charge in [-0.15, -0.1) is 0 Å². The maximum absolute atomic E-state index is 12.4. The maximum atomic E-state index is 12.4. The standard InChI is InChI=1S/C23H31NO3/c1-4-10-22-20-16-12-19(24(3)13-15-5-6-15)23(22,26)11-9-14(2)21(22)27-18(20)8-7-17(16)25/h7-8,15,19,21,25-26H,2,4-6,9-13H2,1,3H3/t19?,21?,22-,23?/m0/s1. The summed E-state index contributed by atoms with van der Waals surface area (Å²) in [5, 5.41) is 23.1. The van der Waals surface area contributed by atoms with Crippen molar-refractivity contribution in [3.63, 3.8) is 0 Å². The van der Waals surface area contributed by atoms with Gasteiger partial charge in [0.25, 0.3) is 0 Å². The Balaban J connectivity index is 1.72. The number of ether oxygens (including phenoxy) is 1. The molecule has 4 atom stereocenters. The molecule has 2 N–H and O–H groups in total. The van der Waals surface area contributed by atoms with E-state index >= 15 is 0 Å². The molecule has 146 valence electrons. The van der Waals surface area contributed by atoms with Crippen molar-refractivity contribution in [1.82, 2.24) is 4.90 Å². The van der Waals surface area contributed by atoms with Crippen LogP contribution in [0.15, 0.2) is 24.3 Å². The average molecular weight is 370 g/mol. The molecule has 5 rings (SSSR count). The van der Waals surface area contributed by atoms with Crippen LogP contribution < -0.4 is 4.74 Å². The molecule has 4 nitrogen and oxygen atoms in total. The number of benzene rings is 1. The van der Waals surface area contributed by atoms with Crippen LogP contribution in [-0.2, 0) is 11.8 Å². The number of likely N-dealkylation sites (N-methyl/N-ethyl adjacent to an activating group) is 1. The van der Waals surface area contributed by atoms with E-state index in [0.717, 1.165) is 60.6 Å². The Hall–Kier alpha value is -1.52. The summed E-state index contributed by atoms with van der Waals surface area (Å²) in [5.74, 6) is 1.94. The molecule has 0 bridgehead atoms. The van der Waals surface area contributed by atoms with Gasteiger partial charge in [0.05, 0.1) is 11.0 Å². The second kappa shape index (κ2) is 5.74. The molecule has 2 saturated carbocycles. The Morgan fingerprint density at radius 3 is 2.81 bits per heavy atom. The van der Waals surface area contributed by atoms with Gasteiger partial charge in [-0.25, -0.2) is 0 Å². The van der Waals surface area contributed by atoms with Gasteiger partial charge in [0, 0.05) is 23.7 Å². The summed E-state index contributed by atoms with van der Waals surface area (Å²) in [6.07, 6.45) is 6.42. The third kappa shape index (κ3) is 2.17. The van der Waals surface area contributed by atoms with Crippen molar-refractivity contribution >= 4 is 0 Å². The molecule has 1 heterocycles. The fourth-order valence-corrected chi connectivity index (χ4v) is 6.40. The molecule has 2 fully saturated rings. The molecule has 1 aromatic carbocycles. The Kier molecular flexibility index (Phi) is 3.74. The highest BCUT2D eigenvalue weighted by Gasteiger charge is 2.69. The van der Waals surface area contributed by atoms with Crippen molar-refractivity contribution in [3.8, 4) is 11.5 Å². The molecule has 0 radical (unpaired) electrons. The quantitative estimate of drug-likeness (QED) is 0.780. The number of rotatable bonds is 5. The molecule has 3 aliphatic carbocycles. The first-order chi connectivity index (χ1) is 12.9. The van der Waals surface area contributed by atoms with E-state index in [1.54, 1.807) is 6.07 Å². The highest BCUT2D eigenvalue weighted by Crippen LogP contribution is 2.64. The number of aliphatic hydroxyl groups is 1. The summed E-state index contributed by atoms with van der Waals surface area (Å²) < 4.78 is 6.42. The lowest BCUT2D eigenvalue weighted by Crippen LogP contribution is -2.71. The monoisotopic (exact) mass is 369 g/mol. The van der Waals surface area contributed by atoms with Crippen LogP contribution in [0.1, 0.15) is 56.6 Å². The zero-order valence-electron chi connectivity index (χ0n) is 16.5. The van der Waals surface area contributed by atoms with E-state index in [1.807, 2.05) is 6.07 Å². The number of hydrogen-bond acceptors (Lipinski definition) is 4. The Morgan fingerprint density at radius 2 is 2.11 bits per heavy atom. The van der Waals surface area contributed by atoms with Crippen LogP contribution in [0.4, 0.5) is 0 Å². The second-order valence-corrected chi connectivity index (χ2v) is 9.34. The van der Waals surface area contributed by atoms with Gasteiger partial charge in [-0.3, -0.25) is 4.90 Å². The molecule has 4 aliphatic rings. The van der Waals surface area contributed by atoms with Gasteiger partial charge in [0.15, 0.2) is 0 Å². The minimum Gasteiger partial charge on any atom is -0.508 e. The van der Waals surface area contributed by atoms with Crippen LogP contribution in [0.2, 0.25) is 0 Å². The van der Waals surface area contributed by atoms with Gasteiger partial charge in [-0.1, -0.05) is 19.9 Å². The first kappa shape index (κ1) is 17.6. The van der Waals surface area contributed by atoms with Gasteiger partial charge in [-0.2, -0.15) is 0 Å². The van der Waals surface area contributed by atoms with E-state index in [4.69, 9.17) is 4.74 Å². The SMILES string of the molecule is C=C1CCC2(O)C(N(C)CC3CC3)Cc3c(O)ccc4c3[C@@]2(CCC)C1O4. The molecule has 1 aromatic rings. The number of aromatic hydroxyl groups is 1. The third-order valence-electron chi connectivity index (χ3n) is 7.73. The molecule has 3 unspecified atom stereocenters. The van der Waals surface area contributed by atoms with Gasteiger partial charge in [0.2, 0.25) is 0 Å². The van der Waals surface area contributed by atoms with E-state index in [-0.39, 0.29) is 12.1 Å². The van der Waals surface area contributed by atoms with Gasteiger partial charge < -0.3 is 14.9 Å². The Morgan fingerprint density at radius 1 is 1.33 bits per heavy atom. The molecule has 0 spiro atoms. The van der Waals surface area contributed by atoms with Crippen molar-refractivity contribution in [3.05, 3.63) is 35.4 Å². The van der Waals surface area contributed by atoms with Gasteiger partial charge in [0.1, 0.15) is 17.6 Å². The summed E-state index contributed by atoms with van der Waals surface area (Å²) in [7, 11) is 2.15. The van der Waals surface area contributed by atoms with E-state index in [9.17, 15) is 10.2 Å². The van der Waals surface area contributed by atoms with Crippen molar-refractivity contribution in [2.45, 2.75) is 75.0 Å². The molecule has 0 aromatic heterocycles. The fourth-order valence-electron chi connectivity index (χ4n) is 6.40. The second-order valence-electron chi connectivity index (χ2n) is 9.34. The van der Waals surface area contributed by atoms with E-state index < -0.39 is 11.0 Å². The van der Waals surface area contributed by atoms with Crippen LogP contribution in [-0.4, -0.2) is 46.5 Å². The normalized spacial score (nSPS) is 36.7. The Bertz CT molecular complexity index is 801. The number of phenolic OH excluding ortho intramolecular Hbond substituents is 1. The highest BCUT2D eigenvalue weighted by atomic mass is 16.5. The van der Waals surface area contributed by atoms with Crippen molar-refractivity contribution < 1.29 is 14.9 Å². The first-order valence-corrected chi connectivity index (χ1v) is 10.5. The molecule has 0 amide bonds. The van der Waals surface area contributed by atoms with E-state index in [2.05, 4.69) is 25.5 Å². The summed E-state index contributed by atoms with van der Waals surface area (Å²) in [5.41, 5.74) is 1.77. The minimum absolute atomic E-state index is 0.00407. The molecule has 1 aliphatic heterocycles. The highest BCUT2D eigenvalue weighted by molar-refractivity contribution is 5.62. The number of phenols is 1. The summed E-state index contributed by atoms with van der Waals surface area (Å²) in [4.78, 5) is 2.37. The van der Waals surface area contributed by atoms with Crippen molar-refractivity contribution in [2.75, 3.05) is 13.6 Å². The zero-order chi connectivity index (χ0) is 19.0. The predicted octanol–water partition coefficient (Wildman–Crippen LogP) is 3.54. The largest absolute Gasteiger partial charge is 0.508 e. The summed E-state index contributed by atoms with van der Waals surface area (Å²) >= 11 is 0. The van der Waals surface area contributed by atoms with E-state index in [1.165, 1.54) is 12.8 Å². The Labute approximate surface area is 161 Å². The van der Waals surface area contributed by atoms with Gasteiger partial charge in [-0.05, 0) is 69.2 Å². The van der Waals surface area contributed by atoms with Gasteiger partial charge >= 0.3 is 0 Å². The first-order valence-electron chi connectivity index (χ1n) is 10.5. The fraction of sp³-hybridized carbons (Fsp3) is 0.652. The lowest BCUT2D eigenvalue weighted by Gasteiger charge is -2.59. The zero-order valence-corrected chi connectivity index (χ0v) is 16.5. The number of nitrogens with zero attached hydrogens (tertiary/aromatic N) is 1. The number of hydrogen-bond donors (Lipinski definition) is 2. The lowest BCUT2D eigenvalue weighted by molar-refractivity contribution is -0.144. The van der Waals surface area contributed by atoms with Crippen LogP contribution >= 0.6 is 0 Å². The molecular weight excluding hydrogens is 338 g/mol. The minimum atomic E-state index is -0.857.